The molecule has 1 aromatic rings. The van der Waals surface area contributed by atoms with Crippen molar-refractivity contribution in [3.8, 4) is 0 Å². The molecule has 6 atom stereocenters. The van der Waals surface area contributed by atoms with E-state index in [1.807, 2.05) is 6.08 Å². The number of benzene rings is 1. The highest BCUT2D eigenvalue weighted by Crippen LogP contribution is 2.65. The Labute approximate surface area is 217 Å². The first-order valence-corrected chi connectivity index (χ1v) is 14.4. The lowest BCUT2D eigenvalue weighted by atomic mass is 9.52. The third-order valence-corrected chi connectivity index (χ3v) is 10.5. The molecule has 6 rings (SSSR count). The fraction of sp³-hybridized carbons (Fsp3) is 0.688. The minimum absolute atomic E-state index is 0.0153. The Morgan fingerprint density at radius 1 is 1.00 bits per heavy atom. The van der Waals surface area contributed by atoms with Crippen molar-refractivity contribution in [1.29, 1.82) is 0 Å². The summed E-state index contributed by atoms with van der Waals surface area (Å²) < 4.78 is 12.9. The topological polar surface area (TPSA) is 64.7 Å². The quantitative estimate of drug-likeness (QED) is 0.494. The van der Waals surface area contributed by atoms with Crippen molar-refractivity contribution in [2.24, 2.45) is 34.3 Å². The standard InChI is InChI=1S/C32H45NO3/c1-30(2)19-35-32(36-20-30)15-14-24-23(17-32)10-11-25-27-12-13-28(34)31(27,3)18-26(29(24)25)22-8-6-21(7-9-22)5-4-16-33/h4-9,23,25-28,34H,10-20,33H2,1-3H3/b5-4+. The Kier molecular flexibility index (Phi) is 6.27. The van der Waals surface area contributed by atoms with Gasteiger partial charge in [0.05, 0.1) is 19.3 Å². The van der Waals surface area contributed by atoms with Gasteiger partial charge in [-0.05, 0) is 72.8 Å². The van der Waals surface area contributed by atoms with Crippen molar-refractivity contribution < 1.29 is 14.6 Å². The van der Waals surface area contributed by atoms with Crippen molar-refractivity contribution in [1.82, 2.24) is 0 Å². The molecule has 4 aliphatic carbocycles. The van der Waals surface area contributed by atoms with Gasteiger partial charge < -0.3 is 20.3 Å². The van der Waals surface area contributed by atoms with Crippen LogP contribution in [0.3, 0.4) is 0 Å². The smallest absolute Gasteiger partial charge is 0.169 e. The molecule has 0 bridgehead atoms. The van der Waals surface area contributed by atoms with Gasteiger partial charge in [-0.2, -0.15) is 0 Å². The first-order valence-electron chi connectivity index (χ1n) is 14.4. The lowest BCUT2D eigenvalue weighted by Crippen LogP contribution is -2.52. The zero-order chi connectivity index (χ0) is 25.1. The maximum atomic E-state index is 11.2. The van der Waals surface area contributed by atoms with Crippen molar-refractivity contribution in [3.05, 3.63) is 52.6 Å². The van der Waals surface area contributed by atoms with Crippen molar-refractivity contribution in [3.63, 3.8) is 0 Å². The minimum atomic E-state index is -0.379. The molecule has 196 valence electrons. The van der Waals surface area contributed by atoms with Gasteiger partial charge >= 0.3 is 0 Å². The highest BCUT2D eigenvalue weighted by molar-refractivity contribution is 5.51. The lowest BCUT2D eigenvalue weighted by Gasteiger charge is -2.55. The van der Waals surface area contributed by atoms with Crippen molar-refractivity contribution in [2.45, 2.75) is 89.9 Å². The molecular formula is C32H45NO3. The highest BCUT2D eigenvalue weighted by atomic mass is 16.7. The summed E-state index contributed by atoms with van der Waals surface area (Å²) in [7, 11) is 0. The number of hydrogen-bond donors (Lipinski definition) is 2. The van der Waals surface area contributed by atoms with Gasteiger partial charge in [0.15, 0.2) is 5.79 Å². The largest absolute Gasteiger partial charge is 0.393 e. The Balaban J connectivity index is 1.36. The van der Waals surface area contributed by atoms with Crippen LogP contribution in [-0.4, -0.2) is 36.8 Å². The van der Waals surface area contributed by atoms with Crippen LogP contribution in [0, 0.1) is 28.6 Å². The molecule has 3 saturated carbocycles. The molecule has 0 amide bonds. The summed E-state index contributed by atoms with van der Waals surface area (Å²) in [6.45, 7) is 9.00. The van der Waals surface area contributed by atoms with Gasteiger partial charge in [-0.3, -0.25) is 0 Å². The average molecular weight is 492 g/mol. The molecule has 5 aliphatic rings. The lowest BCUT2D eigenvalue weighted by molar-refractivity contribution is -0.312. The van der Waals surface area contributed by atoms with Crippen molar-refractivity contribution in [2.75, 3.05) is 19.8 Å². The second-order valence-corrected chi connectivity index (χ2v) is 13.5. The van der Waals surface area contributed by atoms with E-state index in [2.05, 4.69) is 51.1 Å². The van der Waals surface area contributed by atoms with E-state index in [1.165, 1.54) is 30.4 Å². The van der Waals surface area contributed by atoms with Gasteiger partial charge in [0, 0.05) is 30.7 Å². The summed E-state index contributed by atoms with van der Waals surface area (Å²) in [6.07, 6.45) is 12.7. The summed E-state index contributed by atoms with van der Waals surface area (Å²) in [6, 6.07) is 9.14. The molecule has 36 heavy (non-hydrogen) atoms. The van der Waals surface area contributed by atoms with Crippen LogP contribution in [0.15, 0.2) is 41.5 Å². The molecule has 1 aromatic carbocycles. The molecule has 1 aliphatic heterocycles. The Bertz CT molecular complexity index is 1030. The van der Waals surface area contributed by atoms with E-state index in [0.717, 1.165) is 45.3 Å². The zero-order valence-electron chi connectivity index (χ0n) is 22.5. The van der Waals surface area contributed by atoms with E-state index in [-0.39, 0.29) is 22.7 Å². The molecule has 0 aromatic heterocycles. The number of hydrogen-bond acceptors (Lipinski definition) is 4. The molecule has 0 radical (unpaired) electrons. The predicted octanol–water partition coefficient (Wildman–Crippen LogP) is 6.20. The second kappa shape index (κ2) is 9.08. The minimum Gasteiger partial charge on any atom is -0.393 e. The number of aliphatic hydroxyl groups is 1. The summed E-state index contributed by atoms with van der Waals surface area (Å²) in [5.41, 5.74) is 11.9. The number of fused-ring (bicyclic) bond motifs is 4. The molecule has 4 heteroatoms. The van der Waals surface area contributed by atoms with E-state index < -0.39 is 0 Å². The first kappa shape index (κ1) is 24.9. The van der Waals surface area contributed by atoms with E-state index in [0.29, 0.717) is 30.2 Å². The van der Waals surface area contributed by atoms with Gasteiger partial charge in [-0.25, -0.2) is 0 Å². The van der Waals surface area contributed by atoms with Gasteiger partial charge in [0.2, 0.25) is 0 Å². The first-order chi connectivity index (χ1) is 17.2. The summed E-state index contributed by atoms with van der Waals surface area (Å²) >= 11 is 0. The van der Waals surface area contributed by atoms with Crippen molar-refractivity contribution >= 4 is 6.08 Å². The van der Waals surface area contributed by atoms with Gasteiger partial charge in [-0.15, -0.1) is 0 Å². The molecule has 4 fully saturated rings. The molecule has 3 N–H and O–H groups in total. The van der Waals surface area contributed by atoms with E-state index >= 15 is 0 Å². The van der Waals surface area contributed by atoms with Gasteiger partial charge in [0.25, 0.3) is 0 Å². The third kappa shape index (κ3) is 4.13. The summed E-state index contributed by atoms with van der Waals surface area (Å²) in [5, 5.41) is 11.2. The molecular weight excluding hydrogens is 446 g/mol. The van der Waals surface area contributed by atoms with Crippen LogP contribution in [0.4, 0.5) is 0 Å². The summed E-state index contributed by atoms with van der Waals surface area (Å²) in [4.78, 5) is 0. The number of nitrogens with two attached hydrogens (primary N) is 1. The second-order valence-electron chi connectivity index (χ2n) is 13.5. The van der Waals surface area contributed by atoms with Crippen LogP contribution in [0.25, 0.3) is 6.08 Å². The molecule has 1 heterocycles. The maximum Gasteiger partial charge on any atom is 0.169 e. The SMILES string of the molecule is CC1(C)COC2(CCC3=C4C(c5ccc(/C=C/CN)cc5)CC5(C)C(O)CCC5C4CCC3C2)OC1. The summed E-state index contributed by atoms with van der Waals surface area (Å²) in [5.74, 6) is 1.80. The Morgan fingerprint density at radius 3 is 2.47 bits per heavy atom. The normalized spacial score (nSPS) is 39.2. The van der Waals surface area contributed by atoms with E-state index in [4.69, 9.17) is 15.2 Å². The van der Waals surface area contributed by atoms with Crippen LogP contribution in [-0.2, 0) is 9.47 Å². The zero-order valence-corrected chi connectivity index (χ0v) is 22.5. The molecule has 4 nitrogen and oxygen atoms in total. The highest BCUT2D eigenvalue weighted by Gasteiger charge is 2.57. The van der Waals surface area contributed by atoms with Crippen LogP contribution < -0.4 is 5.73 Å². The number of aliphatic hydroxyl groups excluding tert-OH is 1. The molecule has 1 saturated heterocycles. The van der Waals surface area contributed by atoms with Crippen LogP contribution in [0.2, 0.25) is 0 Å². The van der Waals surface area contributed by atoms with Gasteiger partial charge in [0.1, 0.15) is 0 Å². The number of allylic oxidation sites excluding steroid dienone is 2. The number of ether oxygens (including phenoxy) is 2. The Hall–Kier alpha value is -1.46. The van der Waals surface area contributed by atoms with Crippen LogP contribution >= 0.6 is 0 Å². The van der Waals surface area contributed by atoms with Gasteiger partial charge in [-0.1, -0.05) is 68.3 Å². The van der Waals surface area contributed by atoms with Crippen LogP contribution in [0.5, 0.6) is 0 Å². The van der Waals surface area contributed by atoms with Crippen LogP contribution in [0.1, 0.15) is 89.2 Å². The average Bonchev–Trinajstić information content (AvgIpc) is 3.18. The monoisotopic (exact) mass is 491 g/mol. The van der Waals surface area contributed by atoms with E-state index in [9.17, 15) is 5.11 Å². The predicted molar refractivity (Wildman–Crippen MR) is 144 cm³/mol. The third-order valence-electron chi connectivity index (χ3n) is 10.5. The van der Waals surface area contributed by atoms with E-state index in [1.54, 1.807) is 11.1 Å². The molecule has 6 unspecified atom stereocenters. The molecule has 1 spiro atoms. The fourth-order valence-corrected chi connectivity index (χ4v) is 8.54. The Morgan fingerprint density at radius 2 is 1.75 bits per heavy atom. The maximum absolute atomic E-state index is 11.2. The number of rotatable bonds is 3. The fourth-order valence-electron chi connectivity index (χ4n) is 8.54.